The molecule has 1 aliphatic rings. The molecule has 26 heavy (non-hydrogen) atoms. The van der Waals surface area contributed by atoms with Gasteiger partial charge in [-0.1, -0.05) is 26.0 Å². The van der Waals surface area contributed by atoms with Crippen molar-refractivity contribution in [1.82, 2.24) is 19.6 Å². The summed E-state index contributed by atoms with van der Waals surface area (Å²) in [7, 11) is 0. The van der Waals surface area contributed by atoms with E-state index in [0.29, 0.717) is 23.3 Å². The van der Waals surface area contributed by atoms with Crippen molar-refractivity contribution in [3.05, 3.63) is 40.6 Å². The summed E-state index contributed by atoms with van der Waals surface area (Å²) in [5, 5.41) is 4.47. The number of aromatic nitrogens is 2. The van der Waals surface area contributed by atoms with Crippen LogP contribution in [0.25, 0.3) is 0 Å². The van der Waals surface area contributed by atoms with E-state index in [2.05, 4.69) is 28.7 Å². The summed E-state index contributed by atoms with van der Waals surface area (Å²) in [6, 6.07) is 7.92. The minimum absolute atomic E-state index is 0.280. The molecule has 1 saturated heterocycles. The van der Waals surface area contributed by atoms with Crippen molar-refractivity contribution in [2.75, 3.05) is 32.7 Å². The zero-order valence-corrected chi connectivity index (χ0v) is 16.7. The van der Waals surface area contributed by atoms with Crippen LogP contribution in [-0.4, -0.2) is 52.3 Å². The first-order chi connectivity index (χ1) is 12.5. The molecule has 6 nitrogen and oxygen atoms in total. The van der Waals surface area contributed by atoms with Gasteiger partial charge in [0.25, 0.3) is 10.7 Å². The van der Waals surface area contributed by atoms with E-state index < -0.39 is 0 Å². The fourth-order valence-electron chi connectivity index (χ4n) is 3.17. The highest BCUT2D eigenvalue weighted by atomic mass is 32.1. The van der Waals surface area contributed by atoms with Crippen molar-refractivity contribution in [2.24, 2.45) is 5.92 Å². The second kappa shape index (κ2) is 8.79. The van der Waals surface area contributed by atoms with E-state index in [0.717, 1.165) is 44.0 Å². The first-order valence-electron chi connectivity index (χ1n) is 9.20. The quantitative estimate of drug-likeness (QED) is 0.691. The van der Waals surface area contributed by atoms with E-state index in [1.54, 1.807) is 4.68 Å². The fourth-order valence-corrected chi connectivity index (χ4v) is 3.36. The molecule has 0 aliphatic carbocycles. The van der Waals surface area contributed by atoms with Gasteiger partial charge in [0.2, 0.25) is 0 Å². The van der Waals surface area contributed by atoms with Gasteiger partial charge in [0.15, 0.2) is 6.61 Å². The monoisotopic (exact) mass is 376 g/mol. The number of piperazine rings is 1. The zero-order valence-electron chi connectivity index (χ0n) is 15.9. The Hall–Kier alpha value is -1.70. The standard InChI is InChI=1S/C19H28N4O2S/c1-15(2)12-21-7-9-22(10-8-21)14-23-19(26)25-18(20-23)13-24-17-6-4-5-16(3)11-17/h4-6,11,15H,7-10,12-14H2,1-3H3. The van der Waals surface area contributed by atoms with Crippen LogP contribution < -0.4 is 4.74 Å². The van der Waals surface area contributed by atoms with E-state index >= 15 is 0 Å². The molecule has 3 rings (SSSR count). The normalized spacial score (nSPS) is 16.3. The molecule has 0 spiro atoms. The molecule has 0 radical (unpaired) electrons. The Morgan fingerprint density at radius 3 is 2.62 bits per heavy atom. The average Bonchev–Trinajstić information content (AvgIpc) is 2.94. The second-order valence-electron chi connectivity index (χ2n) is 7.32. The van der Waals surface area contributed by atoms with E-state index in [4.69, 9.17) is 21.4 Å². The van der Waals surface area contributed by atoms with Gasteiger partial charge in [-0.15, -0.1) is 5.10 Å². The summed E-state index contributed by atoms with van der Waals surface area (Å²) in [5.74, 6) is 2.03. The van der Waals surface area contributed by atoms with Gasteiger partial charge in [0.1, 0.15) is 5.75 Å². The van der Waals surface area contributed by atoms with Crippen LogP contribution in [0.3, 0.4) is 0 Å². The Kier molecular flexibility index (Phi) is 6.45. The van der Waals surface area contributed by atoms with Crippen molar-refractivity contribution in [3.63, 3.8) is 0 Å². The van der Waals surface area contributed by atoms with Crippen molar-refractivity contribution in [2.45, 2.75) is 34.0 Å². The first kappa shape index (κ1) is 19.1. The van der Waals surface area contributed by atoms with Gasteiger partial charge in [-0.25, -0.2) is 4.68 Å². The third-order valence-corrected chi connectivity index (χ3v) is 4.72. The van der Waals surface area contributed by atoms with E-state index in [1.807, 2.05) is 31.2 Å². The lowest BCUT2D eigenvalue weighted by molar-refractivity contribution is 0.0943. The third-order valence-electron chi connectivity index (χ3n) is 4.42. The van der Waals surface area contributed by atoms with Gasteiger partial charge in [-0.05, 0) is 42.8 Å². The van der Waals surface area contributed by atoms with Gasteiger partial charge >= 0.3 is 0 Å². The zero-order chi connectivity index (χ0) is 18.5. The largest absolute Gasteiger partial charge is 0.484 e. The highest BCUT2D eigenvalue weighted by molar-refractivity contribution is 7.71. The van der Waals surface area contributed by atoms with Crippen molar-refractivity contribution in [3.8, 4) is 5.75 Å². The molecule has 1 aromatic heterocycles. The molecule has 1 aliphatic heterocycles. The second-order valence-corrected chi connectivity index (χ2v) is 7.67. The summed E-state index contributed by atoms with van der Waals surface area (Å²) in [4.78, 5) is 5.28. The number of nitrogens with zero attached hydrogens (tertiary/aromatic N) is 4. The predicted molar refractivity (Wildman–Crippen MR) is 104 cm³/mol. The smallest absolute Gasteiger partial charge is 0.288 e. The molecule has 0 atom stereocenters. The van der Waals surface area contributed by atoms with Crippen LogP contribution in [0.1, 0.15) is 25.3 Å². The molecule has 2 aromatic rings. The van der Waals surface area contributed by atoms with Crippen molar-refractivity contribution >= 4 is 12.2 Å². The molecule has 142 valence electrons. The molecule has 2 heterocycles. The number of hydrogen-bond acceptors (Lipinski definition) is 6. The van der Waals surface area contributed by atoms with E-state index in [-0.39, 0.29) is 6.61 Å². The Labute approximate surface area is 160 Å². The van der Waals surface area contributed by atoms with Gasteiger partial charge < -0.3 is 14.1 Å². The summed E-state index contributed by atoms with van der Waals surface area (Å²) >= 11 is 5.31. The molecule has 7 heteroatoms. The maximum absolute atomic E-state index is 5.75. The summed E-state index contributed by atoms with van der Waals surface area (Å²) in [5.41, 5.74) is 1.16. The maximum atomic E-state index is 5.75. The van der Waals surface area contributed by atoms with Crippen LogP contribution in [-0.2, 0) is 13.3 Å². The molecule has 1 aromatic carbocycles. The van der Waals surface area contributed by atoms with Crippen LogP contribution >= 0.6 is 12.2 Å². The van der Waals surface area contributed by atoms with Crippen LogP contribution in [0.15, 0.2) is 28.7 Å². The summed E-state index contributed by atoms with van der Waals surface area (Å²) in [6.07, 6.45) is 0. The Bertz CT molecular complexity index is 763. The molecule has 0 N–H and O–H groups in total. The number of aryl methyl sites for hydroxylation is 1. The Morgan fingerprint density at radius 2 is 1.92 bits per heavy atom. The lowest BCUT2D eigenvalue weighted by Gasteiger charge is -2.35. The number of hydrogen-bond donors (Lipinski definition) is 0. The fraction of sp³-hybridized carbons (Fsp3) is 0.579. The third kappa shape index (κ3) is 5.40. The Balaban J connectivity index is 1.51. The highest BCUT2D eigenvalue weighted by Crippen LogP contribution is 2.14. The van der Waals surface area contributed by atoms with Crippen molar-refractivity contribution < 1.29 is 9.15 Å². The molecular weight excluding hydrogens is 348 g/mol. The lowest BCUT2D eigenvalue weighted by atomic mass is 10.2. The highest BCUT2D eigenvalue weighted by Gasteiger charge is 2.18. The lowest BCUT2D eigenvalue weighted by Crippen LogP contribution is -2.47. The molecular formula is C19H28N4O2S. The van der Waals surface area contributed by atoms with Gasteiger partial charge in [-0.3, -0.25) is 4.90 Å². The minimum Gasteiger partial charge on any atom is -0.484 e. The SMILES string of the molecule is Cc1cccc(OCc2nn(CN3CCN(CC(C)C)CC3)c(=S)o2)c1. The summed E-state index contributed by atoms with van der Waals surface area (Å²) in [6.45, 7) is 12.9. The van der Waals surface area contributed by atoms with Crippen LogP contribution in [0.2, 0.25) is 0 Å². The number of rotatable bonds is 7. The topological polar surface area (TPSA) is 46.7 Å². The predicted octanol–water partition coefficient (Wildman–Crippen LogP) is 3.32. The molecule has 0 saturated carbocycles. The van der Waals surface area contributed by atoms with Crippen LogP contribution in [0, 0.1) is 17.7 Å². The maximum Gasteiger partial charge on any atom is 0.288 e. The van der Waals surface area contributed by atoms with E-state index in [1.165, 1.54) is 0 Å². The summed E-state index contributed by atoms with van der Waals surface area (Å²) < 4.78 is 13.1. The molecule has 0 unspecified atom stereocenters. The first-order valence-corrected chi connectivity index (χ1v) is 9.61. The van der Waals surface area contributed by atoms with E-state index in [9.17, 15) is 0 Å². The van der Waals surface area contributed by atoms with Crippen molar-refractivity contribution in [1.29, 1.82) is 0 Å². The minimum atomic E-state index is 0.280. The molecule has 1 fully saturated rings. The number of benzene rings is 1. The van der Waals surface area contributed by atoms with Crippen LogP contribution in [0.5, 0.6) is 5.75 Å². The van der Waals surface area contributed by atoms with Gasteiger partial charge in [-0.2, -0.15) is 0 Å². The number of ether oxygens (including phenoxy) is 1. The molecule has 0 bridgehead atoms. The van der Waals surface area contributed by atoms with Gasteiger partial charge in [0, 0.05) is 32.7 Å². The van der Waals surface area contributed by atoms with Crippen LogP contribution in [0.4, 0.5) is 0 Å². The van der Waals surface area contributed by atoms with Gasteiger partial charge in [0.05, 0.1) is 6.67 Å². The average molecular weight is 377 g/mol. The molecule has 0 amide bonds. The Morgan fingerprint density at radius 1 is 1.19 bits per heavy atom.